The van der Waals surface area contributed by atoms with Crippen LogP contribution in [0.5, 0.6) is 11.5 Å². The van der Waals surface area contributed by atoms with Crippen molar-refractivity contribution in [1.29, 1.82) is 0 Å². The summed E-state index contributed by atoms with van der Waals surface area (Å²) in [5, 5.41) is 5.16. The van der Waals surface area contributed by atoms with Gasteiger partial charge in [0.25, 0.3) is 0 Å². The van der Waals surface area contributed by atoms with E-state index in [-0.39, 0.29) is 49.5 Å². The number of aromatic nitrogens is 1. The molecule has 1 unspecified atom stereocenters. The van der Waals surface area contributed by atoms with Crippen LogP contribution in [0.25, 0.3) is 44.5 Å². The maximum atomic E-state index is 9.36. The van der Waals surface area contributed by atoms with Gasteiger partial charge in [-0.1, -0.05) is 233 Å². The Morgan fingerprint density at radius 3 is 1.85 bits per heavy atom. The van der Waals surface area contributed by atoms with E-state index < -0.39 is 26.2 Å². The van der Waals surface area contributed by atoms with Gasteiger partial charge in [0, 0.05) is 72.6 Å². The number of hydrogen-bond donors (Lipinski definition) is 0. The zero-order valence-electron chi connectivity index (χ0n) is 50.8. The van der Waals surface area contributed by atoms with E-state index in [4.69, 9.17) is 13.8 Å². The molecule has 1 aromatic heterocycles. The maximum Gasteiger partial charge on any atom is 0.135 e. The van der Waals surface area contributed by atoms with Crippen LogP contribution in [0.15, 0.2) is 243 Å². The molecule has 0 amide bonds. The number of pyridine rings is 1. The van der Waals surface area contributed by atoms with Gasteiger partial charge in [-0.25, -0.2) is 4.98 Å². The minimum Gasteiger partial charge on any atom is -0.509 e. The number of anilines is 7. The van der Waals surface area contributed by atoms with E-state index in [1.165, 1.54) is 31.9 Å². The average Bonchev–Trinajstić information content (AvgIpc) is 1.45. The van der Waals surface area contributed by atoms with E-state index >= 15 is 0 Å². The summed E-state index contributed by atoms with van der Waals surface area (Å²) in [5.74, 6) is 1.81. The molecule has 0 fully saturated rings. The summed E-state index contributed by atoms with van der Waals surface area (Å²) < 4.78 is 52.1. The Morgan fingerprint density at radius 2 is 1.11 bits per heavy atom. The van der Waals surface area contributed by atoms with Crippen LogP contribution >= 0.6 is 0 Å². The Bertz CT molecular complexity index is 4480. The predicted molar refractivity (Wildman–Crippen MR) is 334 cm³/mol. The molecule has 7 heteroatoms. The molecule has 3 aliphatic heterocycles. The zero-order chi connectivity index (χ0) is 58.7. The quantitative estimate of drug-likeness (QED) is 0.106. The minimum absolute atomic E-state index is 0. The summed E-state index contributed by atoms with van der Waals surface area (Å²) in [6, 6.07) is 77.8. The summed E-state index contributed by atoms with van der Waals surface area (Å²) in [6.45, 7) is 15.3. The van der Waals surface area contributed by atoms with Crippen molar-refractivity contribution in [3.8, 4) is 56.0 Å². The second-order valence-corrected chi connectivity index (χ2v) is 26.6. The van der Waals surface area contributed by atoms with Crippen LogP contribution in [0.4, 0.5) is 39.9 Å². The molecule has 0 radical (unpaired) electrons. The van der Waals surface area contributed by atoms with E-state index in [1.807, 2.05) is 79.6 Å². The third-order valence-corrected chi connectivity index (χ3v) is 20.9. The Hall–Kier alpha value is -8.54. The molecule has 0 aliphatic carbocycles. The summed E-state index contributed by atoms with van der Waals surface area (Å²) in [5.41, 5.74) is 13.6. The van der Waals surface area contributed by atoms with Gasteiger partial charge in [0.1, 0.15) is 13.9 Å². The number of para-hydroxylation sites is 4. The summed E-state index contributed by atoms with van der Waals surface area (Å²) in [6.07, 6.45) is 1.92. The Labute approximate surface area is 499 Å². The summed E-state index contributed by atoms with van der Waals surface area (Å²) in [4.78, 5) is 11.6. The first-order chi connectivity index (χ1) is 41.0. The molecule has 81 heavy (non-hydrogen) atoms. The molecule has 11 aromatic rings. The molecule has 0 saturated carbocycles. The molecule has 1 atom stereocenters. The van der Waals surface area contributed by atoms with Crippen LogP contribution in [0.3, 0.4) is 0 Å². The fraction of sp³-hybridized carbons (Fsp3) is 0.108. The van der Waals surface area contributed by atoms with E-state index in [0.717, 1.165) is 61.9 Å². The van der Waals surface area contributed by atoms with Gasteiger partial charge in [0.05, 0.1) is 6.85 Å². The topological polar surface area (TPSA) is 31.8 Å². The molecule has 398 valence electrons. The monoisotopic (exact) mass is 1250 g/mol. The van der Waals surface area contributed by atoms with Gasteiger partial charge in [0.2, 0.25) is 0 Å². The molecular formula is C74H59N4OPtSi-3. The first kappa shape index (κ1) is 46.2. The number of rotatable bonds is 9. The minimum atomic E-state index is -2.96. The van der Waals surface area contributed by atoms with Gasteiger partial charge in [-0.2, -0.15) is 6.07 Å². The van der Waals surface area contributed by atoms with Gasteiger partial charge in [-0.3, -0.25) is 0 Å². The molecule has 5 nitrogen and oxygen atoms in total. The van der Waals surface area contributed by atoms with Crippen molar-refractivity contribution in [3.63, 3.8) is 0 Å². The maximum absolute atomic E-state index is 9.36. The van der Waals surface area contributed by atoms with Crippen LogP contribution in [0, 0.1) is 18.8 Å². The third kappa shape index (κ3) is 8.75. The number of benzene rings is 10. The molecule has 3 aliphatic rings. The molecular weight excluding hydrogens is 1180 g/mol. The van der Waals surface area contributed by atoms with Crippen molar-refractivity contribution >= 4 is 68.8 Å². The fourth-order valence-electron chi connectivity index (χ4n) is 12.2. The first-order valence-corrected chi connectivity index (χ1v) is 29.3. The normalized spacial score (nSPS) is 15.7. The van der Waals surface area contributed by atoms with E-state index in [2.05, 4.69) is 208 Å². The molecule has 14 rings (SSSR count). The molecule has 0 saturated heterocycles. The average molecular weight is 1250 g/mol. The largest absolute Gasteiger partial charge is 0.509 e. The second kappa shape index (κ2) is 20.2. The van der Waals surface area contributed by atoms with Crippen molar-refractivity contribution in [3.05, 3.63) is 273 Å². The zero-order valence-corrected chi connectivity index (χ0v) is 49.1. The standard InChI is InChI=1S/C74H59N4OSi.Pt/c1-73(2,3)54-40-41-75-70(45-54)78-66-37-19-21-39-69(66)80(59-30-14-9-15-31-59)68-38-20-16-32-62(68)63-47-58(48-67(78)72(63)80)79-57-29-22-28-56(46-57)76-49-77(65-36-18-17-35-64(65)76)71-60(51-26-12-8-13-27-51)33-23-34-61(71)53-42-52(50-24-10-7-11-25-50)43-55(44-53)74(4,5)6;/h7-45,47,49H,1-6H3;/q-3;/i8D,12D,13D,26D,27D;. The predicted octanol–water partition coefficient (Wildman–Crippen LogP) is 16.6. The molecule has 10 aromatic carbocycles. The molecule has 0 spiro atoms. The first-order valence-electron chi connectivity index (χ1n) is 29.8. The Morgan fingerprint density at radius 1 is 0.494 bits per heavy atom. The van der Waals surface area contributed by atoms with Crippen molar-refractivity contribution < 1.29 is 32.7 Å². The van der Waals surface area contributed by atoms with Crippen LogP contribution in [0.1, 0.15) is 59.5 Å². The number of nitrogens with zero attached hydrogens (tertiary/aromatic N) is 4. The van der Waals surface area contributed by atoms with E-state index in [0.29, 0.717) is 28.4 Å². The summed E-state index contributed by atoms with van der Waals surface area (Å²) >= 11 is 0. The van der Waals surface area contributed by atoms with Crippen molar-refractivity contribution in [1.82, 2.24) is 4.98 Å². The molecule has 0 bridgehead atoms. The molecule has 4 heterocycles. The number of hydrogen-bond acceptors (Lipinski definition) is 5. The third-order valence-electron chi connectivity index (χ3n) is 16.0. The SMILES string of the molecule is [2H]c1c([2H])c([2H])c(-c2cccc(-c3cc(-c4ccccc4)cc(C(C)(C)C)c3)c2N2[CH-]N(c3[c-]c(Oc4[c-]c5c6c(c4)-c4ccccc4[Si]6(c4ccccc4)c4ccccc4N5c4cc(C(C)(C)C)ccn4)ccc3)c3ccccc32)c([2H])c1[2H].[Pt]. The smallest absolute Gasteiger partial charge is 0.135 e. The van der Waals surface area contributed by atoms with Crippen molar-refractivity contribution in [2.24, 2.45) is 0 Å². The van der Waals surface area contributed by atoms with Crippen LogP contribution in [-0.2, 0) is 31.9 Å². The summed E-state index contributed by atoms with van der Waals surface area (Å²) in [7, 11) is -2.96. The van der Waals surface area contributed by atoms with Gasteiger partial charge in [-0.05, 0) is 91.4 Å². The fourth-order valence-corrected chi connectivity index (χ4v) is 17.7. The van der Waals surface area contributed by atoms with Gasteiger partial charge < -0.3 is 19.4 Å². The van der Waals surface area contributed by atoms with Gasteiger partial charge >= 0.3 is 0 Å². The van der Waals surface area contributed by atoms with E-state index in [1.54, 1.807) is 0 Å². The van der Waals surface area contributed by atoms with Crippen molar-refractivity contribution in [2.45, 2.75) is 52.4 Å². The Balaban J connectivity index is 0.00000686. The van der Waals surface area contributed by atoms with Gasteiger partial charge in [-0.15, -0.1) is 53.4 Å². The van der Waals surface area contributed by atoms with Crippen LogP contribution < -0.4 is 40.2 Å². The second-order valence-electron chi connectivity index (χ2n) is 22.9. The van der Waals surface area contributed by atoms with Crippen LogP contribution in [-0.4, -0.2) is 13.1 Å². The van der Waals surface area contributed by atoms with Crippen LogP contribution in [0.2, 0.25) is 0 Å². The van der Waals surface area contributed by atoms with E-state index in [9.17, 15) is 2.74 Å². The Kier molecular flexibility index (Phi) is 11.5. The number of ether oxygens (including phenoxy) is 1. The van der Waals surface area contributed by atoms with Crippen molar-refractivity contribution in [2.75, 3.05) is 14.7 Å². The van der Waals surface area contributed by atoms with Gasteiger partial charge in [0.15, 0.2) is 0 Å². The number of fused-ring (bicyclic) bond motifs is 6. The molecule has 0 N–H and O–H groups in total.